The summed E-state index contributed by atoms with van der Waals surface area (Å²) < 4.78 is 0. The number of hydrogen-bond acceptors (Lipinski definition) is 1. The van der Waals surface area contributed by atoms with Crippen molar-refractivity contribution in [2.75, 3.05) is 0 Å². The van der Waals surface area contributed by atoms with Crippen LogP contribution in [0.15, 0.2) is 12.2 Å². The highest BCUT2D eigenvalue weighted by molar-refractivity contribution is 6.76. The molecule has 0 spiro atoms. The lowest BCUT2D eigenvalue weighted by Crippen LogP contribution is -2.17. The molecule has 1 atom stereocenters. The van der Waals surface area contributed by atoms with Crippen molar-refractivity contribution in [1.82, 2.24) is 0 Å². The standard InChI is InChI=1S/C12H22OSi/c1-11(2)12(13)9-7-6-8-10-14(3,4)5/h12-13H,1,7,9-10H2,2-5H3. The topological polar surface area (TPSA) is 20.2 Å². The van der Waals surface area contributed by atoms with Crippen LogP contribution in [0.25, 0.3) is 0 Å². The second kappa shape index (κ2) is 6.05. The summed E-state index contributed by atoms with van der Waals surface area (Å²) >= 11 is 0. The minimum Gasteiger partial charge on any atom is -0.389 e. The van der Waals surface area contributed by atoms with Crippen molar-refractivity contribution in [2.45, 2.75) is 51.6 Å². The lowest BCUT2D eigenvalue weighted by Gasteiger charge is -2.09. The van der Waals surface area contributed by atoms with Gasteiger partial charge in [0.15, 0.2) is 0 Å². The van der Waals surface area contributed by atoms with Gasteiger partial charge < -0.3 is 5.11 Å². The minimum absolute atomic E-state index is 0.379. The van der Waals surface area contributed by atoms with Gasteiger partial charge in [-0.15, -0.1) is 11.8 Å². The van der Waals surface area contributed by atoms with Crippen molar-refractivity contribution in [2.24, 2.45) is 0 Å². The number of rotatable bonds is 4. The molecule has 0 heterocycles. The van der Waals surface area contributed by atoms with Crippen LogP contribution in [0.2, 0.25) is 25.7 Å². The van der Waals surface area contributed by atoms with Crippen LogP contribution in [0, 0.1) is 11.8 Å². The average Bonchev–Trinajstić information content (AvgIpc) is 2.01. The first-order chi connectivity index (χ1) is 6.33. The van der Waals surface area contributed by atoms with Gasteiger partial charge in [0.1, 0.15) is 0 Å². The molecule has 0 aliphatic heterocycles. The number of aliphatic hydroxyl groups excluding tert-OH is 1. The Morgan fingerprint density at radius 2 is 1.93 bits per heavy atom. The summed E-state index contributed by atoms with van der Waals surface area (Å²) in [5.41, 5.74) is 0.831. The van der Waals surface area contributed by atoms with Crippen LogP contribution in [0.3, 0.4) is 0 Å². The highest BCUT2D eigenvalue weighted by atomic mass is 28.3. The number of hydrogen-bond donors (Lipinski definition) is 1. The third-order valence-electron chi connectivity index (χ3n) is 1.86. The Balaban J connectivity index is 3.68. The van der Waals surface area contributed by atoms with Crippen LogP contribution >= 0.6 is 0 Å². The molecular weight excluding hydrogens is 188 g/mol. The van der Waals surface area contributed by atoms with Crippen molar-refractivity contribution < 1.29 is 5.11 Å². The fraction of sp³-hybridized carbons (Fsp3) is 0.667. The van der Waals surface area contributed by atoms with E-state index in [0.717, 1.165) is 18.0 Å². The fourth-order valence-corrected chi connectivity index (χ4v) is 1.53. The molecule has 0 aliphatic carbocycles. The maximum absolute atomic E-state index is 9.43. The predicted molar refractivity (Wildman–Crippen MR) is 66.0 cm³/mol. The van der Waals surface area contributed by atoms with Crippen molar-refractivity contribution in [3.63, 3.8) is 0 Å². The van der Waals surface area contributed by atoms with E-state index >= 15 is 0 Å². The van der Waals surface area contributed by atoms with E-state index in [-0.39, 0.29) is 6.10 Å². The Bertz CT molecular complexity index is 239. The molecule has 0 radical (unpaired) electrons. The van der Waals surface area contributed by atoms with Crippen molar-refractivity contribution in [1.29, 1.82) is 0 Å². The summed E-state index contributed by atoms with van der Waals surface area (Å²) in [6, 6.07) is 1.05. The highest BCUT2D eigenvalue weighted by Crippen LogP contribution is 2.07. The quantitative estimate of drug-likeness (QED) is 0.429. The van der Waals surface area contributed by atoms with E-state index < -0.39 is 8.07 Å². The van der Waals surface area contributed by atoms with Crippen LogP contribution in [0.4, 0.5) is 0 Å². The molecule has 1 nitrogen and oxygen atoms in total. The van der Waals surface area contributed by atoms with Crippen LogP contribution < -0.4 is 0 Å². The monoisotopic (exact) mass is 210 g/mol. The zero-order valence-corrected chi connectivity index (χ0v) is 10.9. The van der Waals surface area contributed by atoms with Crippen LogP contribution in [0.5, 0.6) is 0 Å². The zero-order valence-electron chi connectivity index (χ0n) is 9.85. The lowest BCUT2D eigenvalue weighted by molar-refractivity contribution is 0.203. The molecule has 0 saturated carbocycles. The van der Waals surface area contributed by atoms with Gasteiger partial charge in [-0.25, -0.2) is 0 Å². The van der Waals surface area contributed by atoms with E-state index in [0.29, 0.717) is 6.42 Å². The van der Waals surface area contributed by atoms with Gasteiger partial charge in [-0.1, -0.05) is 31.8 Å². The van der Waals surface area contributed by atoms with Crippen molar-refractivity contribution in [3.05, 3.63) is 12.2 Å². The summed E-state index contributed by atoms with van der Waals surface area (Å²) in [5, 5.41) is 9.43. The molecule has 0 amide bonds. The predicted octanol–water partition coefficient (Wildman–Crippen LogP) is 3.05. The molecule has 0 bridgehead atoms. The Labute approximate surface area is 89.2 Å². The smallest absolute Gasteiger partial charge is 0.0753 e. The van der Waals surface area contributed by atoms with Gasteiger partial charge >= 0.3 is 0 Å². The largest absolute Gasteiger partial charge is 0.389 e. The summed E-state index contributed by atoms with van der Waals surface area (Å²) in [6.07, 6.45) is 1.11. The molecule has 0 aliphatic rings. The second-order valence-corrected chi connectivity index (χ2v) is 10.5. The van der Waals surface area contributed by atoms with Crippen molar-refractivity contribution in [3.8, 4) is 11.8 Å². The molecule has 0 aromatic heterocycles. The first kappa shape index (κ1) is 13.5. The van der Waals surface area contributed by atoms with Crippen LogP contribution in [-0.2, 0) is 0 Å². The average molecular weight is 210 g/mol. The molecule has 0 rings (SSSR count). The molecule has 14 heavy (non-hydrogen) atoms. The summed E-state index contributed by atoms with van der Waals surface area (Å²) in [5.74, 6) is 6.30. The summed E-state index contributed by atoms with van der Waals surface area (Å²) in [7, 11) is -1.01. The van der Waals surface area contributed by atoms with E-state index in [1.165, 1.54) is 0 Å². The molecule has 2 heteroatoms. The van der Waals surface area contributed by atoms with E-state index in [1.807, 2.05) is 6.92 Å². The van der Waals surface area contributed by atoms with Gasteiger partial charge in [-0.2, -0.15) is 0 Å². The highest BCUT2D eigenvalue weighted by Gasteiger charge is 2.09. The SMILES string of the molecule is C=C(C)C(O)CCC#CC[Si](C)(C)C. The molecule has 0 fully saturated rings. The fourth-order valence-electron chi connectivity index (χ4n) is 0.871. The van der Waals surface area contributed by atoms with Gasteiger partial charge in [0.2, 0.25) is 0 Å². The first-order valence-electron chi connectivity index (χ1n) is 5.12. The third kappa shape index (κ3) is 8.09. The zero-order chi connectivity index (χ0) is 11.2. The Hall–Kier alpha value is -0.523. The van der Waals surface area contributed by atoms with Gasteiger partial charge in [0, 0.05) is 12.5 Å². The molecule has 0 aromatic rings. The summed E-state index contributed by atoms with van der Waals surface area (Å²) in [4.78, 5) is 0. The van der Waals surface area contributed by atoms with Gasteiger partial charge in [-0.3, -0.25) is 0 Å². The molecule has 1 unspecified atom stereocenters. The molecular formula is C12H22OSi. The van der Waals surface area contributed by atoms with Crippen molar-refractivity contribution >= 4 is 8.07 Å². The maximum Gasteiger partial charge on any atom is 0.0753 e. The van der Waals surface area contributed by atoms with Gasteiger partial charge in [0.05, 0.1) is 14.2 Å². The Morgan fingerprint density at radius 3 is 2.36 bits per heavy atom. The molecule has 1 N–H and O–H groups in total. The number of aliphatic hydroxyl groups is 1. The maximum atomic E-state index is 9.43. The normalized spacial score (nSPS) is 12.9. The summed E-state index contributed by atoms with van der Waals surface area (Å²) in [6.45, 7) is 12.5. The molecule has 0 aromatic carbocycles. The third-order valence-corrected chi connectivity index (χ3v) is 3.09. The Morgan fingerprint density at radius 1 is 1.36 bits per heavy atom. The van der Waals surface area contributed by atoms with E-state index in [1.54, 1.807) is 0 Å². The van der Waals surface area contributed by atoms with Gasteiger partial charge in [-0.05, 0) is 13.3 Å². The second-order valence-electron chi connectivity index (χ2n) is 4.99. The minimum atomic E-state index is -1.01. The van der Waals surface area contributed by atoms with Gasteiger partial charge in [0.25, 0.3) is 0 Å². The molecule has 80 valence electrons. The molecule has 0 saturated heterocycles. The van der Waals surface area contributed by atoms with E-state index in [9.17, 15) is 5.11 Å². The van der Waals surface area contributed by atoms with Crippen LogP contribution in [0.1, 0.15) is 19.8 Å². The Kier molecular flexibility index (Phi) is 5.83. The van der Waals surface area contributed by atoms with E-state index in [2.05, 4.69) is 38.1 Å². The lowest BCUT2D eigenvalue weighted by atomic mass is 10.1. The van der Waals surface area contributed by atoms with E-state index in [4.69, 9.17) is 0 Å². The van der Waals surface area contributed by atoms with Crippen LogP contribution in [-0.4, -0.2) is 19.3 Å². The first-order valence-corrected chi connectivity index (χ1v) is 8.83.